The first-order valence-corrected chi connectivity index (χ1v) is 15.2. The minimum absolute atomic E-state index is 0.0127. The lowest BCUT2D eigenvalue weighted by Crippen LogP contribution is -2.40. The van der Waals surface area contributed by atoms with Crippen molar-refractivity contribution in [2.45, 2.75) is 108 Å². The first-order valence-electron chi connectivity index (χ1n) is 13.4. The molecule has 228 valence electrons. The molecule has 0 heterocycles. The Kier molecular flexibility index (Phi) is 14.5. The van der Waals surface area contributed by atoms with Crippen LogP contribution in [0.2, 0.25) is 0 Å². The van der Waals surface area contributed by atoms with E-state index in [2.05, 4.69) is 5.32 Å². The molecule has 1 rings (SSSR count). The molecule has 0 aliphatic heterocycles. The number of aliphatic hydroxyl groups is 1. The minimum Gasteiger partial charge on any atom is -0.380 e. The Labute approximate surface area is 232 Å². The van der Waals surface area contributed by atoms with Crippen molar-refractivity contribution in [1.29, 1.82) is 5.26 Å². The van der Waals surface area contributed by atoms with Gasteiger partial charge in [0, 0.05) is 12.1 Å². The van der Waals surface area contributed by atoms with Crippen LogP contribution in [0, 0.1) is 11.3 Å². The van der Waals surface area contributed by atoms with Crippen molar-refractivity contribution < 1.29 is 44.7 Å². The molecule has 0 aliphatic rings. The summed E-state index contributed by atoms with van der Waals surface area (Å²) in [5.74, 6) is -1.07. The second-order valence-corrected chi connectivity index (χ2v) is 12.6. The van der Waals surface area contributed by atoms with E-state index in [4.69, 9.17) is 5.26 Å². The van der Waals surface area contributed by atoms with E-state index >= 15 is 0 Å². The summed E-state index contributed by atoms with van der Waals surface area (Å²) in [6.45, 7) is 1.29. The summed E-state index contributed by atoms with van der Waals surface area (Å²) in [4.78, 5) is 12.4. The van der Waals surface area contributed by atoms with Crippen molar-refractivity contribution in [3.8, 4) is 6.07 Å². The van der Waals surface area contributed by atoms with Crippen molar-refractivity contribution in [3.63, 3.8) is 0 Å². The van der Waals surface area contributed by atoms with Crippen molar-refractivity contribution in [2.75, 3.05) is 16.8 Å². The number of halogens is 6. The first kappa shape index (κ1) is 35.7. The van der Waals surface area contributed by atoms with E-state index in [1.165, 1.54) is 19.1 Å². The van der Waals surface area contributed by atoms with Crippen LogP contribution in [-0.2, 0) is 20.8 Å². The summed E-state index contributed by atoms with van der Waals surface area (Å²) in [5, 5.41) is 21.6. The highest BCUT2D eigenvalue weighted by atomic mass is 32.2. The van der Waals surface area contributed by atoms with Gasteiger partial charge >= 0.3 is 12.4 Å². The Bertz CT molecular complexity index is 1080. The fourth-order valence-corrected chi connectivity index (χ4v) is 5.60. The third-order valence-electron chi connectivity index (χ3n) is 6.48. The summed E-state index contributed by atoms with van der Waals surface area (Å²) in [7, 11) is -3.33. The number of benzene rings is 1. The number of unbranched alkanes of at least 4 members (excludes halogenated alkanes) is 9. The zero-order chi connectivity index (χ0) is 30.5. The van der Waals surface area contributed by atoms with Crippen LogP contribution in [0.4, 0.5) is 32.0 Å². The number of anilines is 1. The standard InChI is InChI=1S/C27H38F6N2O4S/c1-25(37,24(36)35-22-14-13-21(20-34)23(19-22)27(31,32)33)15-9-7-5-3-2-4-6-8-11-17-40(38,39)18-12-10-16-26(28,29)30/h13-14,19,37H,2-12,15-18H2,1H3,(H,35,36)/t25-/m0/s1. The van der Waals surface area contributed by atoms with Gasteiger partial charge < -0.3 is 10.4 Å². The number of hydrogen-bond acceptors (Lipinski definition) is 5. The highest BCUT2D eigenvalue weighted by Gasteiger charge is 2.35. The summed E-state index contributed by atoms with van der Waals surface area (Å²) in [5.41, 5.74) is -3.70. The van der Waals surface area contributed by atoms with Gasteiger partial charge in [-0.05, 0) is 50.8 Å². The normalized spacial score (nSPS) is 14.0. The van der Waals surface area contributed by atoms with Crippen LogP contribution in [0.15, 0.2) is 18.2 Å². The number of nitrogens with one attached hydrogen (secondary N) is 1. The smallest absolute Gasteiger partial charge is 0.380 e. The van der Waals surface area contributed by atoms with Gasteiger partial charge in [0.05, 0.1) is 28.7 Å². The fraction of sp³-hybridized carbons (Fsp3) is 0.704. The number of hydrogen-bond donors (Lipinski definition) is 2. The van der Waals surface area contributed by atoms with Crippen molar-refractivity contribution >= 4 is 21.4 Å². The summed E-state index contributed by atoms with van der Waals surface area (Å²) >= 11 is 0. The molecule has 40 heavy (non-hydrogen) atoms. The minimum atomic E-state index is -4.76. The van der Waals surface area contributed by atoms with Gasteiger partial charge in [0.1, 0.15) is 15.4 Å². The maximum atomic E-state index is 13.1. The Morgan fingerprint density at radius 3 is 1.82 bits per heavy atom. The lowest BCUT2D eigenvalue weighted by molar-refractivity contribution is -0.138. The highest BCUT2D eigenvalue weighted by molar-refractivity contribution is 7.91. The molecule has 0 aromatic heterocycles. The van der Waals surface area contributed by atoms with Crippen LogP contribution in [0.1, 0.15) is 102 Å². The summed E-state index contributed by atoms with van der Waals surface area (Å²) < 4.78 is 99.4. The lowest BCUT2D eigenvalue weighted by atomic mass is 9.96. The SMILES string of the molecule is C[C@](O)(CCCCCCCCCCCS(=O)(=O)CCCCC(F)(F)F)C(=O)Nc1ccc(C#N)c(C(F)(F)F)c1. The van der Waals surface area contributed by atoms with E-state index in [1.54, 1.807) is 0 Å². The first-order chi connectivity index (χ1) is 18.5. The number of nitrogens with zero attached hydrogens (tertiary/aromatic N) is 1. The third-order valence-corrected chi connectivity index (χ3v) is 8.30. The van der Waals surface area contributed by atoms with Crippen molar-refractivity contribution in [3.05, 3.63) is 29.3 Å². The number of carbonyl (C=O) groups excluding carboxylic acids is 1. The van der Waals surface area contributed by atoms with Gasteiger partial charge in [0.15, 0.2) is 0 Å². The van der Waals surface area contributed by atoms with E-state index in [1.807, 2.05) is 0 Å². The van der Waals surface area contributed by atoms with Crippen LogP contribution in [0.3, 0.4) is 0 Å². The molecule has 0 fully saturated rings. The number of nitriles is 1. The zero-order valence-electron chi connectivity index (χ0n) is 22.6. The molecule has 0 bridgehead atoms. The lowest BCUT2D eigenvalue weighted by Gasteiger charge is -2.22. The molecule has 1 aromatic rings. The summed E-state index contributed by atoms with van der Waals surface area (Å²) in [6, 6.07) is 4.25. The summed E-state index contributed by atoms with van der Waals surface area (Å²) in [6.07, 6.45) is -3.09. The third kappa shape index (κ3) is 14.9. The molecule has 2 N–H and O–H groups in total. The number of amides is 1. The second-order valence-electron chi connectivity index (χ2n) is 10.3. The number of alkyl halides is 6. The van der Waals surface area contributed by atoms with Crippen molar-refractivity contribution in [2.24, 2.45) is 0 Å². The van der Waals surface area contributed by atoms with E-state index in [0.717, 1.165) is 51.0 Å². The monoisotopic (exact) mass is 600 g/mol. The highest BCUT2D eigenvalue weighted by Crippen LogP contribution is 2.34. The predicted molar refractivity (Wildman–Crippen MR) is 140 cm³/mol. The molecule has 13 heteroatoms. The zero-order valence-corrected chi connectivity index (χ0v) is 23.5. The molecule has 0 aliphatic carbocycles. The van der Waals surface area contributed by atoms with E-state index in [0.29, 0.717) is 18.9 Å². The predicted octanol–water partition coefficient (Wildman–Crippen LogP) is 7.31. The Morgan fingerprint density at radius 1 is 0.850 bits per heavy atom. The molecular weight excluding hydrogens is 562 g/mol. The van der Waals surface area contributed by atoms with Gasteiger partial charge in [-0.1, -0.05) is 51.4 Å². The molecule has 0 saturated heterocycles. The molecule has 0 unspecified atom stereocenters. The van der Waals surface area contributed by atoms with E-state index in [9.17, 15) is 44.7 Å². The van der Waals surface area contributed by atoms with Crippen LogP contribution < -0.4 is 5.32 Å². The van der Waals surface area contributed by atoms with Crippen LogP contribution in [0.25, 0.3) is 0 Å². The molecule has 6 nitrogen and oxygen atoms in total. The topological polar surface area (TPSA) is 107 Å². The van der Waals surface area contributed by atoms with Gasteiger partial charge in [-0.25, -0.2) is 8.42 Å². The average Bonchev–Trinajstić information content (AvgIpc) is 2.84. The Morgan fingerprint density at radius 2 is 1.32 bits per heavy atom. The maximum Gasteiger partial charge on any atom is 0.417 e. The fourth-order valence-electron chi connectivity index (χ4n) is 4.11. The van der Waals surface area contributed by atoms with E-state index < -0.39 is 51.2 Å². The van der Waals surface area contributed by atoms with Gasteiger partial charge in [-0.2, -0.15) is 31.6 Å². The second kappa shape index (κ2) is 16.2. The molecule has 1 aromatic carbocycles. The van der Waals surface area contributed by atoms with Crippen LogP contribution in [0.5, 0.6) is 0 Å². The number of rotatable bonds is 18. The van der Waals surface area contributed by atoms with Crippen molar-refractivity contribution in [1.82, 2.24) is 0 Å². The molecule has 1 amide bonds. The number of carbonyl (C=O) groups is 1. The Hall–Kier alpha value is -2.33. The number of sulfone groups is 1. The Balaban J connectivity index is 2.20. The van der Waals surface area contributed by atoms with Gasteiger partial charge in [-0.3, -0.25) is 4.79 Å². The maximum absolute atomic E-state index is 13.1. The van der Waals surface area contributed by atoms with Gasteiger partial charge in [-0.15, -0.1) is 0 Å². The molecule has 0 radical (unpaired) electrons. The molecule has 0 saturated carbocycles. The molecule has 1 atom stereocenters. The van der Waals surface area contributed by atoms with E-state index in [-0.39, 0.29) is 36.5 Å². The molecule has 0 spiro atoms. The van der Waals surface area contributed by atoms with Crippen LogP contribution in [-0.4, -0.2) is 42.7 Å². The largest absolute Gasteiger partial charge is 0.417 e. The van der Waals surface area contributed by atoms with Gasteiger partial charge in [0.2, 0.25) is 0 Å². The quantitative estimate of drug-likeness (QED) is 0.136. The average molecular weight is 601 g/mol. The van der Waals surface area contributed by atoms with Gasteiger partial charge in [0.25, 0.3) is 5.91 Å². The molecular formula is C27H38F6N2O4S. The van der Waals surface area contributed by atoms with Crippen LogP contribution >= 0.6 is 0 Å².